The number of nitrogens with zero attached hydrogens (tertiary/aromatic N) is 5. The monoisotopic (exact) mass is 376 g/mol. The molecular weight excluding hydrogens is 352 g/mol. The molecule has 7 nitrogen and oxygen atoms in total. The molecule has 4 rings (SSSR count). The molecule has 0 unspecified atom stereocenters. The Morgan fingerprint density at radius 3 is 2.57 bits per heavy atom. The minimum atomic E-state index is 0.0591. The number of hydrogen-bond donors (Lipinski definition) is 1. The number of carbonyl (C=O) groups excluding carboxylic acids is 1. The van der Waals surface area contributed by atoms with Crippen LogP contribution in [0.4, 0.5) is 11.5 Å². The van der Waals surface area contributed by atoms with Crippen molar-refractivity contribution in [1.29, 1.82) is 0 Å². The average Bonchev–Trinajstić information content (AvgIpc) is 3.28. The molecule has 0 spiro atoms. The molecule has 7 heteroatoms. The van der Waals surface area contributed by atoms with Crippen molar-refractivity contribution in [2.24, 2.45) is 0 Å². The largest absolute Gasteiger partial charge is 0.340 e. The molecule has 1 amide bonds. The third-order valence-electron chi connectivity index (χ3n) is 4.96. The first-order valence-corrected chi connectivity index (χ1v) is 9.52. The lowest BCUT2D eigenvalue weighted by atomic mass is 10.1. The van der Waals surface area contributed by atoms with Gasteiger partial charge in [0.25, 0.3) is 5.91 Å². The van der Waals surface area contributed by atoms with Crippen molar-refractivity contribution < 1.29 is 4.79 Å². The molecule has 0 fully saturated rings. The summed E-state index contributed by atoms with van der Waals surface area (Å²) in [6, 6.07) is 12.0. The Kier molecular flexibility index (Phi) is 4.58. The second-order valence-corrected chi connectivity index (χ2v) is 7.56. The van der Waals surface area contributed by atoms with E-state index in [0.717, 1.165) is 28.3 Å². The molecule has 1 aliphatic rings. The highest BCUT2D eigenvalue weighted by Crippen LogP contribution is 2.32. The van der Waals surface area contributed by atoms with Crippen molar-refractivity contribution in [3.8, 4) is 11.5 Å². The van der Waals surface area contributed by atoms with Gasteiger partial charge in [0.1, 0.15) is 17.8 Å². The van der Waals surface area contributed by atoms with Gasteiger partial charge in [-0.3, -0.25) is 4.79 Å². The van der Waals surface area contributed by atoms with Gasteiger partial charge in [0.15, 0.2) is 5.82 Å². The molecule has 0 atom stereocenters. The van der Waals surface area contributed by atoms with Gasteiger partial charge in [-0.2, -0.15) is 0 Å². The van der Waals surface area contributed by atoms with E-state index < -0.39 is 0 Å². The van der Waals surface area contributed by atoms with Gasteiger partial charge < -0.3 is 14.8 Å². The van der Waals surface area contributed by atoms with Crippen molar-refractivity contribution in [1.82, 2.24) is 24.6 Å². The Bertz CT molecular complexity index is 1020. The highest BCUT2D eigenvalue weighted by molar-refractivity contribution is 6.04. The molecule has 0 aliphatic carbocycles. The van der Waals surface area contributed by atoms with E-state index in [0.29, 0.717) is 12.4 Å². The van der Waals surface area contributed by atoms with E-state index in [4.69, 9.17) is 4.98 Å². The lowest BCUT2D eigenvalue weighted by Crippen LogP contribution is -2.31. The molecule has 1 aromatic carbocycles. The predicted molar refractivity (Wildman–Crippen MR) is 108 cm³/mol. The summed E-state index contributed by atoms with van der Waals surface area (Å²) in [5, 5.41) is 11.6. The predicted octanol–water partition coefficient (Wildman–Crippen LogP) is 4.03. The number of rotatable bonds is 5. The van der Waals surface area contributed by atoms with Crippen LogP contribution in [-0.4, -0.2) is 36.6 Å². The van der Waals surface area contributed by atoms with E-state index in [1.54, 1.807) is 6.33 Å². The molecule has 3 heterocycles. The summed E-state index contributed by atoms with van der Waals surface area (Å²) < 4.78 is 1.98. The first-order chi connectivity index (χ1) is 13.5. The third kappa shape index (κ3) is 3.13. The van der Waals surface area contributed by atoms with Crippen LogP contribution in [0.1, 0.15) is 49.7 Å². The van der Waals surface area contributed by atoms with Crippen LogP contribution >= 0.6 is 0 Å². The van der Waals surface area contributed by atoms with Crippen molar-refractivity contribution in [2.75, 3.05) is 5.32 Å². The number of fused-ring (bicyclic) bond motifs is 1. The van der Waals surface area contributed by atoms with E-state index in [-0.39, 0.29) is 18.0 Å². The van der Waals surface area contributed by atoms with E-state index in [1.807, 2.05) is 59.7 Å². The van der Waals surface area contributed by atoms with Crippen molar-refractivity contribution in [3.63, 3.8) is 0 Å². The Morgan fingerprint density at radius 1 is 1.04 bits per heavy atom. The minimum Gasteiger partial charge on any atom is -0.340 e. The van der Waals surface area contributed by atoms with Gasteiger partial charge in [0.2, 0.25) is 0 Å². The number of nitrogens with one attached hydrogen (secondary N) is 1. The molecule has 0 saturated carbocycles. The zero-order valence-corrected chi connectivity index (χ0v) is 16.5. The number of benzene rings is 1. The fourth-order valence-corrected chi connectivity index (χ4v) is 3.48. The normalized spacial score (nSPS) is 13.5. The lowest BCUT2D eigenvalue weighted by Gasteiger charge is -2.20. The van der Waals surface area contributed by atoms with Crippen molar-refractivity contribution >= 4 is 17.4 Å². The summed E-state index contributed by atoms with van der Waals surface area (Å²) in [6.07, 6.45) is 1.71. The van der Waals surface area contributed by atoms with Crippen LogP contribution in [0.25, 0.3) is 11.5 Å². The van der Waals surface area contributed by atoms with Gasteiger partial charge in [-0.05, 0) is 51.5 Å². The topological polar surface area (TPSA) is 75.9 Å². The quantitative estimate of drug-likeness (QED) is 0.728. The van der Waals surface area contributed by atoms with Gasteiger partial charge in [-0.15, -0.1) is 10.2 Å². The molecule has 144 valence electrons. The van der Waals surface area contributed by atoms with Crippen molar-refractivity contribution in [2.45, 2.75) is 46.3 Å². The number of carbonyl (C=O) groups is 1. The lowest BCUT2D eigenvalue weighted by molar-refractivity contribution is 0.0731. The Balaban J connectivity index is 1.67. The summed E-state index contributed by atoms with van der Waals surface area (Å²) in [4.78, 5) is 19.4. The maximum atomic E-state index is 12.9. The first-order valence-electron chi connectivity index (χ1n) is 9.52. The molecule has 1 N–H and O–H groups in total. The molecule has 28 heavy (non-hydrogen) atoms. The van der Waals surface area contributed by atoms with E-state index >= 15 is 0 Å². The molecule has 0 saturated heterocycles. The molecule has 1 aliphatic heterocycles. The highest BCUT2D eigenvalue weighted by atomic mass is 16.2. The molecular formula is C21H24N6O. The standard InChI is InChI=1S/C21H24N6O/c1-13(2)26-11-15-7-5-8-16(19(15)21(26)28)23-18-10-6-9-17(24-18)20-25-22-12-27(20)14(3)4/h5-10,12-14H,11H2,1-4H3,(H,23,24). The number of aromatic nitrogens is 4. The van der Waals surface area contributed by atoms with Gasteiger partial charge in [0.05, 0.1) is 11.3 Å². The Labute approximate surface area is 164 Å². The number of amides is 1. The summed E-state index contributed by atoms with van der Waals surface area (Å²) in [6.45, 7) is 8.87. The molecule has 3 aromatic rings. The summed E-state index contributed by atoms with van der Waals surface area (Å²) in [5.41, 5.74) is 3.28. The van der Waals surface area contributed by atoms with E-state index in [1.165, 1.54) is 0 Å². The molecule has 0 radical (unpaired) electrons. The van der Waals surface area contributed by atoms with Crippen LogP contribution in [-0.2, 0) is 6.54 Å². The SMILES string of the molecule is CC(C)N1Cc2cccc(Nc3cccc(-c4nncn4C(C)C)n3)c2C1=O. The van der Waals surface area contributed by atoms with Crippen LogP contribution in [0, 0.1) is 0 Å². The maximum Gasteiger partial charge on any atom is 0.256 e. The zero-order valence-electron chi connectivity index (χ0n) is 16.5. The van der Waals surface area contributed by atoms with Gasteiger partial charge in [-0.25, -0.2) is 4.98 Å². The summed E-state index contributed by atoms with van der Waals surface area (Å²) >= 11 is 0. The molecule has 2 aromatic heterocycles. The average molecular weight is 376 g/mol. The summed E-state index contributed by atoms with van der Waals surface area (Å²) in [7, 11) is 0. The Hall–Kier alpha value is -3.22. The van der Waals surface area contributed by atoms with Crippen LogP contribution in [0.3, 0.4) is 0 Å². The highest BCUT2D eigenvalue weighted by Gasteiger charge is 2.31. The van der Waals surface area contributed by atoms with Crippen LogP contribution in [0.15, 0.2) is 42.7 Å². The molecule has 0 bridgehead atoms. The van der Waals surface area contributed by atoms with Gasteiger partial charge >= 0.3 is 0 Å². The van der Waals surface area contributed by atoms with Crippen LogP contribution < -0.4 is 5.32 Å². The van der Waals surface area contributed by atoms with Gasteiger partial charge in [0, 0.05) is 18.6 Å². The maximum absolute atomic E-state index is 12.9. The second kappa shape index (κ2) is 7.07. The second-order valence-electron chi connectivity index (χ2n) is 7.56. The van der Waals surface area contributed by atoms with E-state index in [9.17, 15) is 4.79 Å². The zero-order chi connectivity index (χ0) is 19.8. The smallest absolute Gasteiger partial charge is 0.256 e. The minimum absolute atomic E-state index is 0.0591. The number of pyridine rings is 1. The number of anilines is 2. The van der Waals surface area contributed by atoms with Crippen LogP contribution in [0.2, 0.25) is 0 Å². The number of hydrogen-bond acceptors (Lipinski definition) is 5. The fourth-order valence-electron chi connectivity index (χ4n) is 3.48. The van der Waals surface area contributed by atoms with E-state index in [2.05, 4.69) is 29.4 Å². The summed E-state index contributed by atoms with van der Waals surface area (Å²) in [5.74, 6) is 1.45. The van der Waals surface area contributed by atoms with Crippen molar-refractivity contribution in [3.05, 3.63) is 53.9 Å². The van der Waals surface area contributed by atoms with Gasteiger partial charge in [-0.1, -0.05) is 18.2 Å². The Morgan fingerprint density at radius 2 is 1.82 bits per heavy atom. The van der Waals surface area contributed by atoms with Crippen LogP contribution in [0.5, 0.6) is 0 Å². The fraction of sp³-hybridized carbons (Fsp3) is 0.333. The third-order valence-corrected chi connectivity index (χ3v) is 4.96. The first kappa shape index (κ1) is 18.2.